The van der Waals surface area contributed by atoms with Crippen molar-refractivity contribution in [2.45, 2.75) is 6.54 Å². The van der Waals surface area contributed by atoms with Crippen LogP contribution in [0.5, 0.6) is 0 Å². The average molecular weight is 268 g/mol. The van der Waals surface area contributed by atoms with E-state index in [4.69, 9.17) is 0 Å². The summed E-state index contributed by atoms with van der Waals surface area (Å²) in [5, 5.41) is 13.5. The molecule has 3 heterocycles. The summed E-state index contributed by atoms with van der Waals surface area (Å²) in [5.74, 6) is 0.668. The molecule has 0 atom stereocenters. The van der Waals surface area contributed by atoms with E-state index in [2.05, 4.69) is 25.8 Å². The maximum Gasteiger partial charge on any atom is 0.319 e. The van der Waals surface area contributed by atoms with Crippen LogP contribution in [-0.4, -0.2) is 25.6 Å². The van der Waals surface area contributed by atoms with Gasteiger partial charge in [-0.1, -0.05) is 6.07 Å². The third-order valence-corrected chi connectivity index (χ3v) is 2.71. The minimum atomic E-state index is -0.314. The number of hydrogen-bond donors (Lipinski definition) is 2. The van der Waals surface area contributed by atoms with Crippen LogP contribution >= 0.6 is 0 Å². The Balaban J connectivity index is 1.63. The summed E-state index contributed by atoms with van der Waals surface area (Å²) in [7, 11) is 0. The highest BCUT2D eigenvalue weighted by molar-refractivity contribution is 5.88. The number of aromatic nitrogens is 4. The lowest BCUT2D eigenvalue weighted by atomic mass is 10.4. The molecule has 20 heavy (non-hydrogen) atoms. The van der Waals surface area contributed by atoms with Crippen LogP contribution in [0.1, 0.15) is 5.82 Å². The molecular weight excluding hydrogens is 256 g/mol. The molecule has 3 rings (SSSR count). The Morgan fingerprint density at radius 3 is 3.00 bits per heavy atom. The number of anilines is 1. The van der Waals surface area contributed by atoms with E-state index in [0.717, 1.165) is 5.65 Å². The largest absolute Gasteiger partial charge is 0.331 e. The third kappa shape index (κ3) is 2.56. The molecule has 0 saturated carbocycles. The van der Waals surface area contributed by atoms with Gasteiger partial charge in [0.1, 0.15) is 0 Å². The van der Waals surface area contributed by atoms with Gasteiger partial charge in [-0.25, -0.2) is 4.79 Å². The fourth-order valence-electron chi connectivity index (χ4n) is 1.78. The summed E-state index contributed by atoms with van der Waals surface area (Å²) in [4.78, 5) is 15.7. The van der Waals surface area contributed by atoms with Gasteiger partial charge in [-0.2, -0.15) is 0 Å². The van der Waals surface area contributed by atoms with Crippen molar-refractivity contribution in [3.05, 3.63) is 54.7 Å². The van der Waals surface area contributed by atoms with E-state index in [1.807, 2.05) is 28.8 Å². The highest BCUT2D eigenvalue weighted by Gasteiger charge is 2.06. The highest BCUT2D eigenvalue weighted by Crippen LogP contribution is 2.04. The number of carbonyl (C=O) groups excluding carboxylic acids is 1. The number of rotatable bonds is 3. The number of hydrogen-bond acceptors (Lipinski definition) is 4. The lowest BCUT2D eigenvalue weighted by molar-refractivity contribution is 0.251. The molecule has 0 spiro atoms. The zero-order chi connectivity index (χ0) is 13.8. The molecule has 7 heteroatoms. The Bertz CT molecular complexity index is 724. The Morgan fingerprint density at radius 1 is 1.20 bits per heavy atom. The van der Waals surface area contributed by atoms with Crippen LogP contribution in [0.2, 0.25) is 0 Å². The van der Waals surface area contributed by atoms with Gasteiger partial charge in [-0.05, 0) is 24.3 Å². The summed E-state index contributed by atoms with van der Waals surface area (Å²) in [5.41, 5.74) is 1.38. The van der Waals surface area contributed by atoms with E-state index in [0.29, 0.717) is 11.5 Å². The van der Waals surface area contributed by atoms with Crippen LogP contribution in [-0.2, 0) is 6.54 Å². The average Bonchev–Trinajstić information content (AvgIpc) is 2.89. The summed E-state index contributed by atoms with van der Waals surface area (Å²) in [6, 6.07) is 8.82. The minimum Gasteiger partial charge on any atom is -0.331 e. The van der Waals surface area contributed by atoms with Crippen molar-refractivity contribution in [2.24, 2.45) is 0 Å². The quantitative estimate of drug-likeness (QED) is 0.753. The van der Waals surface area contributed by atoms with E-state index < -0.39 is 0 Å². The molecule has 0 bridgehead atoms. The summed E-state index contributed by atoms with van der Waals surface area (Å²) < 4.78 is 1.82. The molecule has 2 N–H and O–H groups in total. The van der Waals surface area contributed by atoms with Crippen molar-refractivity contribution in [3.8, 4) is 0 Å². The van der Waals surface area contributed by atoms with Gasteiger partial charge in [0.05, 0.1) is 18.4 Å². The Morgan fingerprint density at radius 2 is 2.15 bits per heavy atom. The number of nitrogens with one attached hydrogen (secondary N) is 2. The maximum atomic E-state index is 11.7. The molecule has 0 fully saturated rings. The standard InChI is InChI=1S/C13H12N6O/c20-13(16-10-4-3-6-14-8-10)15-9-12-18-17-11-5-1-2-7-19(11)12/h1-8H,9H2,(H2,15,16,20). The second-order valence-electron chi connectivity index (χ2n) is 4.09. The van der Waals surface area contributed by atoms with Gasteiger partial charge in [-0.15, -0.1) is 10.2 Å². The van der Waals surface area contributed by atoms with Gasteiger partial charge in [0, 0.05) is 12.4 Å². The SMILES string of the molecule is O=C(NCc1nnc2ccccn12)Nc1cccnc1. The summed E-state index contributed by atoms with van der Waals surface area (Å²) >= 11 is 0. The molecule has 100 valence electrons. The lowest BCUT2D eigenvalue weighted by Gasteiger charge is -2.06. The van der Waals surface area contributed by atoms with E-state index in [9.17, 15) is 4.79 Å². The number of urea groups is 1. The predicted molar refractivity (Wildman–Crippen MR) is 73.1 cm³/mol. The number of fused-ring (bicyclic) bond motifs is 1. The van der Waals surface area contributed by atoms with E-state index in [1.165, 1.54) is 0 Å². The van der Waals surface area contributed by atoms with Crippen LogP contribution in [0.3, 0.4) is 0 Å². The molecule has 0 aliphatic rings. The first kappa shape index (κ1) is 12.1. The van der Waals surface area contributed by atoms with E-state index in [-0.39, 0.29) is 12.6 Å². The molecule has 3 aromatic rings. The number of amides is 2. The van der Waals surface area contributed by atoms with Gasteiger partial charge in [0.2, 0.25) is 0 Å². The summed E-state index contributed by atoms with van der Waals surface area (Å²) in [6.07, 6.45) is 5.07. The van der Waals surface area contributed by atoms with Crippen molar-refractivity contribution >= 4 is 17.4 Å². The molecule has 3 aromatic heterocycles. The van der Waals surface area contributed by atoms with Crippen LogP contribution in [0.15, 0.2) is 48.9 Å². The summed E-state index contributed by atoms with van der Waals surface area (Å²) in [6.45, 7) is 0.289. The maximum absolute atomic E-state index is 11.7. The number of carbonyl (C=O) groups is 1. The van der Waals surface area contributed by atoms with Gasteiger partial charge in [0.25, 0.3) is 0 Å². The van der Waals surface area contributed by atoms with Gasteiger partial charge in [0.15, 0.2) is 11.5 Å². The molecule has 0 aliphatic carbocycles. The van der Waals surface area contributed by atoms with Gasteiger partial charge in [-0.3, -0.25) is 9.38 Å². The number of nitrogens with zero attached hydrogens (tertiary/aromatic N) is 4. The first-order valence-electron chi connectivity index (χ1n) is 6.06. The Labute approximate surface area is 114 Å². The van der Waals surface area contributed by atoms with Crippen LogP contribution in [0, 0.1) is 0 Å². The predicted octanol–water partition coefficient (Wildman–Crippen LogP) is 1.45. The third-order valence-electron chi connectivity index (χ3n) is 2.71. The van der Waals surface area contributed by atoms with Crippen molar-refractivity contribution < 1.29 is 4.79 Å². The van der Waals surface area contributed by atoms with Crippen molar-refractivity contribution in [1.29, 1.82) is 0 Å². The highest BCUT2D eigenvalue weighted by atomic mass is 16.2. The fourth-order valence-corrected chi connectivity index (χ4v) is 1.78. The number of pyridine rings is 2. The normalized spacial score (nSPS) is 10.4. The fraction of sp³-hybridized carbons (Fsp3) is 0.0769. The van der Waals surface area contributed by atoms with Gasteiger partial charge >= 0.3 is 6.03 Å². The van der Waals surface area contributed by atoms with Crippen LogP contribution in [0.4, 0.5) is 10.5 Å². The Hall–Kier alpha value is -2.96. The zero-order valence-corrected chi connectivity index (χ0v) is 10.5. The zero-order valence-electron chi connectivity index (χ0n) is 10.5. The molecule has 0 saturated heterocycles. The lowest BCUT2D eigenvalue weighted by Crippen LogP contribution is -2.29. The molecule has 0 unspecified atom stereocenters. The van der Waals surface area contributed by atoms with E-state index >= 15 is 0 Å². The molecular formula is C13H12N6O. The second-order valence-corrected chi connectivity index (χ2v) is 4.09. The van der Waals surface area contributed by atoms with E-state index in [1.54, 1.807) is 24.5 Å². The van der Waals surface area contributed by atoms with Crippen molar-refractivity contribution in [1.82, 2.24) is 24.9 Å². The first-order chi connectivity index (χ1) is 9.83. The van der Waals surface area contributed by atoms with Crippen molar-refractivity contribution in [3.63, 3.8) is 0 Å². The van der Waals surface area contributed by atoms with Gasteiger partial charge < -0.3 is 10.6 Å². The molecule has 0 aromatic carbocycles. The molecule has 7 nitrogen and oxygen atoms in total. The molecule has 0 radical (unpaired) electrons. The van der Waals surface area contributed by atoms with Crippen molar-refractivity contribution in [2.75, 3.05) is 5.32 Å². The first-order valence-corrected chi connectivity index (χ1v) is 6.06. The van der Waals surface area contributed by atoms with Crippen LogP contribution in [0.25, 0.3) is 5.65 Å². The minimum absolute atomic E-state index is 0.289. The smallest absolute Gasteiger partial charge is 0.319 e. The monoisotopic (exact) mass is 268 g/mol. The molecule has 0 aliphatic heterocycles. The topological polar surface area (TPSA) is 84.2 Å². The van der Waals surface area contributed by atoms with Crippen LogP contribution < -0.4 is 10.6 Å². The molecule has 2 amide bonds. The Kier molecular flexibility index (Phi) is 3.24. The second kappa shape index (κ2) is 5.35.